The molecule has 0 spiro atoms. The third-order valence-corrected chi connectivity index (χ3v) is 4.35. The van der Waals surface area contributed by atoms with Gasteiger partial charge in [0, 0.05) is 49.1 Å². The fourth-order valence-electron chi connectivity index (χ4n) is 2.39. The van der Waals surface area contributed by atoms with Gasteiger partial charge in [0.05, 0.1) is 0 Å². The van der Waals surface area contributed by atoms with Gasteiger partial charge in [-0.2, -0.15) is 0 Å². The molecular weight excluding hydrogens is 332 g/mol. The van der Waals surface area contributed by atoms with Crippen LogP contribution in [-0.4, -0.2) is 54.7 Å². The van der Waals surface area contributed by atoms with E-state index < -0.39 is 0 Å². The van der Waals surface area contributed by atoms with Crippen LogP contribution >= 0.6 is 15.9 Å². The van der Waals surface area contributed by atoms with E-state index in [0.717, 1.165) is 30.7 Å². The van der Waals surface area contributed by atoms with Gasteiger partial charge in [-0.1, -0.05) is 28.1 Å². The Labute approximate surface area is 134 Å². The summed E-state index contributed by atoms with van der Waals surface area (Å²) in [6.07, 6.45) is 1.52. The van der Waals surface area contributed by atoms with Crippen LogP contribution < -0.4 is 0 Å². The van der Waals surface area contributed by atoms with Gasteiger partial charge in [0.15, 0.2) is 5.78 Å². The molecule has 0 bridgehead atoms. The summed E-state index contributed by atoms with van der Waals surface area (Å²) >= 11 is 3.35. The molecule has 1 aliphatic rings. The third kappa shape index (κ3) is 4.93. The maximum atomic E-state index is 12.1. The number of amides is 1. The molecule has 0 unspecified atom stereocenters. The van der Waals surface area contributed by atoms with Gasteiger partial charge in [-0.25, -0.2) is 0 Å². The standard InChI is InChI=1S/C16H21BrN2O2/c1-18-9-11-19(12-10-18)16(21)4-2-3-15(20)13-5-7-14(17)8-6-13/h5-8H,2-4,9-12H2,1H3. The van der Waals surface area contributed by atoms with E-state index in [9.17, 15) is 9.59 Å². The highest BCUT2D eigenvalue weighted by Crippen LogP contribution is 2.13. The van der Waals surface area contributed by atoms with Crippen LogP contribution in [0.1, 0.15) is 29.6 Å². The van der Waals surface area contributed by atoms with Crippen LogP contribution in [0.15, 0.2) is 28.7 Å². The first-order valence-corrected chi connectivity index (χ1v) is 8.10. The molecule has 0 atom stereocenters. The molecule has 4 nitrogen and oxygen atoms in total. The topological polar surface area (TPSA) is 40.6 Å². The lowest BCUT2D eigenvalue weighted by Gasteiger charge is -2.32. The van der Waals surface area contributed by atoms with Crippen LogP contribution in [0.25, 0.3) is 0 Å². The number of piperazine rings is 1. The van der Waals surface area contributed by atoms with Crippen LogP contribution in [-0.2, 0) is 4.79 Å². The number of likely N-dealkylation sites (N-methyl/N-ethyl adjacent to an activating group) is 1. The summed E-state index contributed by atoms with van der Waals surface area (Å²) < 4.78 is 0.962. The van der Waals surface area contributed by atoms with Gasteiger partial charge in [0.25, 0.3) is 0 Å². The maximum absolute atomic E-state index is 12.1. The molecule has 0 saturated carbocycles. The first kappa shape index (κ1) is 16.2. The molecule has 0 aliphatic carbocycles. The molecule has 5 heteroatoms. The van der Waals surface area contributed by atoms with Crippen LogP contribution in [0.2, 0.25) is 0 Å². The van der Waals surface area contributed by atoms with Crippen molar-refractivity contribution >= 4 is 27.6 Å². The van der Waals surface area contributed by atoms with Crippen molar-refractivity contribution in [1.29, 1.82) is 0 Å². The van der Waals surface area contributed by atoms with Crippen molar-refractivity contribution in [2.45, 2.75) is 19.3 Å². The van der Waals surface area contributed by atoms with Crippen LogP contribution in [0.3, 0.4) is 0 Å². The summed E-state index contributed by atoms with van der Waals surface area (Å²) in [6.45, 7) is 3.47. The molecule has 114 valence electrons. The summed E-state index contributed by atoms with van der Waals surface area (Å²) in [7, 11) is 2.07. The lowest BCUT2D eigenvalue weighted by molar-refractivity contribution is -0.132. The minimum atomic E-state index is 0.105. The molecule has 1 heterocycles. The molecule has 21 heavy (non-hydrogen) atoms. The van der Waals surface area contributed by atoms with E-state index in [1.807, 2.05) is 29.2 Å². The number of ketones is 1. The van der Waals surface area contributed by atoms with E-state index in [-0.39, 0.29) is 11.7 Å². The molecule has 1 aliphatic heterocycles. The van der Waals surface area contributed by atoms with E-state index >= 15 is 0 Å². The van der Waals surface area contributed by atoms with E-state index in [1.54, 1.807) is 0 Å². The third-order valence-electron chi connectivity index (χ3n) is 3.82. The highest BCUT2D eigenvalue weighted by atomic mass is 79.9. The van der Waals surface area contributed by atoms with Crippen molar-refractivity contribution in [3.8, 4) is 0 Å². The van der Waals surface area contributed by atoms with E-state index in [2.05, 4.69) is 27.9 Å². The first-order valence-electron chi connectivity index (χ1n) is 7.31. The molecule has 1 saturated heterocycles. The van der Waals surface area contributed by atoms with E-state index in [4.69, 9.17) is 0 Å². The Bertz CT molecular complexity index is 494. The lowest BCUT2D eigenvalue weighted by atomic mass is 10.1. The summed E-state index contributed by atoms with van der Waals surface area (Å²) in [4.78, 5) is 28.2. The minimum Gasteiger partial charge on any atom is -0.340 e. The predicted molar refractivity (Wildman–Crippen MR) is 86.4 cm³/mol. The SMILES string of the molecule is CN1CCN(C(=O)CCCC(=O)c2ccc(Br)cc2)CC1. The first-order chi connectivity index (χ1) is 10.1. The van der Waals surface area contributed by atoms with E-state index in [1.165, 1.54) is 0 Å². The number of carbonyl (C=O) groups is 2. The summed E-state index contributed by atoms with van der Waals surface area (Å²) in [5.74, 6) is 0.278. The van der Waals surface area contributed by atoms with Crippen LogP contribution in [0, 0.1) is 0 Å². The maximum Gasteiger partial charge on any atom is 0.222 e. The molecule has 1 aromatic carbocycles. The van der Waals surface area contributed by atoms with Gasteiger partial charge in [-0.3, -0.25) is 9.59 Å². The van der Waals surface area contributed by atoms with Gasteiger partial charge >= 0.3 is 0 Å². The summed E-state index contributed by atoms with van der Waals surface area (Å²) in [5.41, 5.74) is 0.713. The van der Waals surface area contributed by atoms with Gasteiger partial charge in [-0.05, 0) is 25.6 Å². The second-order valence-corrected chi connectivity index (χ2v) is 6.38. The van der Waals surface area contributed by atoms with Crippen molar-refractivity contribution in [2.75, 3.05) is 33.2 Å². The molecule has 2 rings (SSSR count). The molecule has 1 fully saturated rings. The zero-order valence-electron chi connectivity index (χ0n) is 12.3. The Morgan fingerprint density at radius 1 is 1.05 bits per heavy atom. The quantitative estimate of drug-likeness (QED) is 0.764. The molecule has 1 aromatic rings. The Morgan fingerprint density at radius 2 is 1.67 bits per heavy atom. The summed E-state index contributed by atoms with van der Waals surface area (Å²) in [5, 5.41) is 0. The number of rotatable bonds is 5. The molecule has 1 amide bonds. The second kappa shape index (κ2) is 7.71. The zero-order valence-corrected chi connectivity index (χ0v) is 13.9. The lowest BCUT2D eigenvalue weighted by Crippen LogP contribution is -2.47. The number of halogens is 1. The van der Waals surface area contributed by atoms with Gasteiger partial charge < -0.3 is 9.80 Å². The highest BCUT2D eigenvalue weighted by molar-refractivity contribution is 9.10. The fraction of sp³-hybridized carbons (Fsp3) is 0.500. The van der Waals surface area contributed by atoms with Crippen molar-refractivity contribution in [1.82, 2.24) is 9.80 Å². The monoisotopic (exact) mass is 352 g/mol. The van der Waals surface area contributed by atoms with Gasteiger partial charge in [0.2, 0.25) is 5.91 Å². The predicted octanol–water partition coefficient (Wildman–Crippen LogP) is 2.58. The van der Waals surface area contributed by atoms with Gasteiger partial charge in [-0.15, -0.1) is 0 Å². The van der Waals surface area contributed by atoms with Crippen molar-refractivity contribution < 1.29 is 9.59 Å². The molecule has 0 N–H and O–H groups in total. The van der Waals surface area contributed by atoms with Crippen LogP contribution in [0.5, 0.6) is 0 Å². The molecule has 0 aromatic heterocycles. The number of nitrogens with zero attached hydrogens (tertiary/aromatic N) is 2. The second-order valence-electron chi connectivity index (χ2n) is 5.47. The number of Topliss-reactive ketones (excluding diaryl/α,β-unsaturated/α-hetero) is 1. The van der Waals surface area contributed by atoms with Crippen LogP contribution in [0.4, 0.5) is 0 Å². The largest absolute Gasteiger partial charge is 0.340 e. The smallest absolute Gasteiger partial charge is 0.222 e. The Kier molecular flexibility index (Phi) is 5.94. The Hall–Kier alpha value is -1.20. The Balaban J connectivity index is 1.72. The normalized spacial score (nSPS) is 16.0. The number of carbonyl (C=O) groups excluding carboxylic acids is 2. The zero-order chi connectivity index (χ0) is 15.2. The molecule has 0 radical (unpaired) electrons. The highest BCUT2D eigenvalue weighted by Gasteiger charge is 2.18. The molecular formula is C16H21BrN2O2. The average molecular weight is 353 g/mol. The number of benzene rings is 1. The summed E-state index contributed by atoms with van der Waals surface area (Å²) in [6, 6.07) is 7.36. The number of hydrogen-bond donors (Lipinski definition) is 0. The fourth-order valence-corrected chi connectivity index (χ4v) is 2.66. The van der Waals surface area contributed by atoms with Crippen molar-refractivity contribution in [3.05, 3.63) is 34.3 Å². The Morgan fingerprint density at radius 3 is 2.29 bits per heavy atom. The van der Waals surface area contributed by atoms with Gasteiger partial charge in [0.1, 0.15) is 0 Å². The minimum absolute atomic E-state index is 0.105. The van der Waals surface area contributed by atoms with E-state index in [0.29, 0.717) is 24.8 Å². The average Bonchev–Trinajstić information content (AvgIpc) is 2.48. The van der Waals surface area contributed by atoms with Crippen molar-refractivity contribution in [3.63, 3.8) is 0 Å². The van der Waals surface area contributed by atoms with Crippen molar-refractivity contribution in [2.24, 2.45) is 0 Å². The number of hydrogen-bond acceptors (Lipinski definition) is 3.